The molecule has 112 valence electrons. The van der Waals surface area contributed by atoms with Crippen molar-refractivity contribution in [3.05, 3.63) is 33.8 Å². The molecule has 4 unspecified atom stereocenters. The van der Waals surface area contributed by atoms with Crippen molar-refractivity contribution in [3.8, 4) is 0 Å². The van der Waals surface area contributed by atoms with Crippen molar-refractivity contribution in [1.29, 1.82) is 0 Å². The van der Waals surface area contributed by atoms with E-state index in [1.54, 1.807) is 0 Å². The van der Waals surface area contributed by atoms with Gasteiger partial charge in [0.25, 0.3) is 0 Å². The Hall–Kier alpha value is 0.460. The fraction of sp³-hybridized carbons (Fsp3) is 0.600. The lowest BCUT2D eigenvalue weighted by Crippen LogP contribution is -2.43. The fourth-order valence-electron chi connectivity index (χ4n) is 2.36. The maximum Gasteiger partial charge on any atom is 0.0595 e. The number of hydrogen-bond acceptors (Lipinski definition) is 3. The third-order valence-electron chi connectivity index (χ3n) is 3.83. The molecule has 1 N–H and O–H groups in total. The molecule has 4 atom stereocenters. The van der Waals surface area contributed by atoms with Gasteiger partial charge < -0.3 is 5.32 Å². The van der Waals surface area contributed by atoms with Crippen LogP contribution in [0.3, 0.4) is 0 Å². The summed E-state index contributed by atoms with van der Waals surface area (Å²) in [5.74, 6) is 1.21. The van der Waals surface area contributed by atoms with Gasteiger partial charge in [-0.05, 0) is 31.2 Å². The number of likely N-dealkylation sites (N-methyl/N-ethyl adjacent to an activating group) is 1. The predicted octanol–water partition coefficient (Wildman–Crippen LogP) is 4.75. The Morgan fingerprint density at radius 3 is 2.60 bits per heavy atom. The molecule has 20 heavy (non-hydrogen) atoms. The zero-order chi connectivity index (χ0) is 14.7. The lowest BCUT2D eigenvalue weighted by molar-refractivity contribution is 0.554. The van der Waals surface area contributed by atoms with Crippen LogP contribution in [0, 0.1) is 0 Å². The molecular formula is C15H21Cl2NS2. The summed E-state index contributed by atoms with van der Waals surface area (Å²) in [7, 11) is 2.05. The average Bonchev–Trinajstić information content (AvgIpc) is 2.43. The molecule has 0 amide bonds. The summed E-state index contributed by atoms with van der Waals surface area (Å²) in [6.07, 6.45) is 0.993. The van der Waals surface area contributed by atoms with Gasteiger partial charge in [0.15, 0.2) is 0 Å². The van der Waals surface area contributed by atoms with Crippen LogP contribution >= 0.6 is 46.7 Å². The summed E-state index contributed by atoms with van der Waals surface area (Å²) in [6, 6.07) is 6.42. The molecule has 1 aliphatic rings. The molecule has 5 heteroatoms. The molecule has 1 fully saturated rings. The molecule has 0 bridgehead atoms. The monoisotopic (exact) mass is 349 g/mol. The van der Waals surface area contributed by atoms with Crippen LogP contribution in [0.4, 0.5) is 0 Å². The van der Waals surface area contributed by atoms with Crippen LogP contribution in [-0.2, 0) is 6.42 Å². The molecule has 1 aromatic rings. The lowest BCUT2D eigenvalue weighted by Gasteiger charge is -2.36. The first-order valence-electron chi connectivity index (χ1n) is 6.89. The quantitative estimate of drug-likeness (QED) is 0.842. The van der Waals surface area contributed by atoms with E-state index in [2.05, 4.69) is 55.8 Å². The van der Waals surface area contributed by atoms with Crippen molar-refractivity contribution >= 4 is 46.7 Å². The highest BCUT2D eigenvalue weighted by molar-refractivity contribution is 8.07. The predicted molar refractivity (Wildman–Crippen MR) is 95.8 cm³/mol. The summed E-state index contributed by atoms with van der Waals surface area (Å²) in [5.41, 5.74) is 1.25. The molecule has 0 saturated carbocycles. The average molecular weight is 350 g/mol. The number of rotatable bonds is 4. The van der Waals surface area contributed by atoms with Crippen molar-refractivity contribution in [1.82, 2.24) is 5.32 Å². The van der Waals surface area contributed by atoms with E-state index in [-0.39, 0.29) is 0 Å². The molecule has 1 saturated heterocycles. The van der Waals surface area contributed by atoms with Gasteiger partial charge in [-0.2, -0.15) is 23.5 Å². The molecule has 2 rings (SSSR count). The second-order valence-electron chi connectivity index (χ2n) is 5.27. The van der Waals surface area contributed by atoms with Gasteiger partial charge in [-0.25, -0.2) is 0 Å². The highest BCUT2D eigenvalue weighted by atomic mass is 35.5. The van der Waals surface area contributed by atoms with Gasteiger partial charge in [0.1, 0.15) is 0 Å². The van der Waals surface area contributed by atoms with E-state index >= 15 is 0 Å². The highest BCUT2D eigenvalue weighted by Gasteiger charge is 2.30. The summed E-state index contributed by atoms with van der Waals surface area (Å²) >= 11 is 16.3. The second kappa shape index (κ2) is 7.64. The van der Waals surface area contributed by atoms with Crippen molar-refractivity contribution in [2.24, 2.45) is 0 Å². The van der Waals surface area contributed by atoms with Gasteiger partial charge in [-0.1, -0.05) is 43.1 Å². The summed E-state index contributed by atoms with van der Waals surface area (Å²) < 4.78 is 0. The highest BCUT2D eigenvalue weighted by Crippen LogP contribution is 2.37. The Balaban J connectivity index is 2.03. The van der Waals surface area contributed by atoms with E-state index < -0.39 is 0 Å². The number of benzene rings is 1. The molecule has 0 aromatic heterocycles. The summed E-state index contributed by atoms with van der Waals surface area (Å²) in [5, 5.41) is 6.86. The normalized spacial score (nSPS) is 28.4. The van der Waals surface area contributed by atoms with E-state index in [1.807, 2.05) is 12.1 Å². The molecule has 0 aliphatic carbocycles. The second-order valence-corrected chi connectivity index (χ2v) is 9.11. The van der Waals surface area contributed by atoms with E-state index in [4.69, 9.17) is 23.2 Å². The first-order valence-corrected chi connectivity index (χ1v) is 9.64. The van der Waals surface area contributed by atoms with Crippen LogP contribution in [0.25, 0.3) is 0 Å². The Morgan fingerprint density at radius 2 is 2.00 bits per heavy atom. The maximum absolute atomic E-state index is 6.11. The topological polar surface area (TPSA) is 12.0 Å². The van der Waals surface area contributed by atoms with Crippen molar-refractivity contribution in [2.45, 2.75) is 42.1 Å². The van der Waals surface area contributed by atoms with E-state index in [9.17, 15) is 0 Å². The Labute approximate surface area is 140 Å². The molecule has 1 heterocycles. The van der Waals surface area contributed by atoms with Crippen LogP contribution in [-0.4, -0.2) is 34.6 Å². The first kappa shape index (κ1) is 16.8. The van der Waals surface area contributed by atoms with Gasteiger partial charge in [-0.15, -0.1) is 0 Å². The first-order chi connectivity index (χ1) is 9.51. The molecule has 0 spiro atoms. The van der Waals surface area contributed by atoms with Gasteiger partial charge in [-0.3, -0.25) is 0 Å². The summed E-state index contributed by atoms with van der Waals surface area (Å²) in [6.45, 7) is 4.66. The Morgan fingerprint density at radius 1 is 1.25 bits per heavy atom. The third-order valence-corrected chi connectivity index (χ3v) is 8.12. The minimum absolute atomic E-state index is 0.472. The third kappa shape index (κ3) is 4.23. The number of hydrogen-bond donors (Lipinski definition) is 1. The van der Waals surface area contributed by atoms with Crippen LogP contribution in [0.15, 0.2) is 18.2 Å². The van der Waals surface area contributed by atoms with E-state index in [0.29, 0.717) is 26.6 Å². The van der Waals surface area contributed by atoms with Crippen molar-refractivity contribution in [2.75, 3.05) is 12.8 Å². The van der Waals surface area contributed by atoms with Gasteiger partial charge in [0.2, 0.25) is 0 Å². The van der Waals surface area contributed by atoms with Gasteiger partial charge in [0, 0.05) is 27.5 Å². The van der Waals surface area contributed by atoms with Crippen LogP contribution in [0.1, 0.15) is 19.4 Å². The van der Waals surface area contributed by atoms with Gasteiger partial charge >= 0.3 is 0 Å². The number of halogens is 2. The van der Waals surface area contributed by atoms with Crippen molar-refractivity contribution in [3.63, 3.8) is 0 Å². The maximum atomic E-state index is 6.11. The molecule has 1 aromatic carbocycles. The minimum Gasteiger partial charge on any atom is -0.316 e. The van der Waals surface area contributed by atoms with Gasteiger partial charge in [0.05, 0.1) is 10.0 Å². The lowest BCUT2D eigenvalue weighted by atomic mass is 10.0. The SMILES string of the molecule is CNC(Cc1ccc(Cl)c(Cl)c1)C1CSC(C)C(C)S1. The number of thioether (sulfide) groups is 2. The van der Waals surface area contributed by atoms with Crippen LogP contribution in [0.5, 0.6) is 0 Å². The van der Waals surface area contributed by atoms with E-state index in [1.165, 1.54) is 11.3 Å². The Bertz CT molecular complexity index is 455. The Kier molecular flexibility index (Phi) is 6.43. The molecule has 1 aliphatic heterocycles. The fourth-order valence-corrected chi connectivity index (χ4v) is 5.85. The zero-order valence-corrected chi connectivity index (χ0v) is 15.2. The molecule has 0 radical (unpaired) electrons. The smallest absolute Gasteiger partial charge is 0.0595 e. The van der Waals surface area contributed by atoms with Crippen molar-refractivity contribution < 1.29 is 0 Å². The minimum atomic E-state index is 0.472. The van der Waals surface area contributed by atoms with Crippen LogP contribution in [0.2, 0.25) is 10.0 Å². The summed E-state index contributed by atoms with van der Waals surface area (Å²) in [4.78, 5) is 0. The van der Waals surface area contributed by atoms with Crippen LogP contribution < -0.4 is 5.32 Å². The largest absolute Gasteiger partial charge is 0.316 e. The van der Waals surface area contributed by atoms with E-state index in [0.717, 1.165) is 11.7 Å². The zero-order valence-electron chi connectivity index (χ0n) is 12.0. The standard InChI is InChI=1S/C15H21Cl2NS2/c1-9-10(2)20-15(8-19-9)14(18-3)7-11-4-5-12(16)13(17)6-11/h4-6,9-10,14-15,18H,7-8H2,1-3H3. The molecule has 1 nitrogen and oxygen atoms in total. The molecular weight excluding hydrogens is 329 g/mol. The number of nitrogens with one attached hydrogen (secondary N) is 1.